The predicted molar refractivity (Wildman–Crippen MR) is 112 cm³/mol. The van der Waals surface area contributed by atoms with Gasteiger partial charge in [0.25, 0.3) is 0 Å². The van der Waals surface area contributed by atoms with Crippen molar-refractivity contribution in [1.29, 1.82) is 0 Å². The SMILES string of the molecule is Cc1cc(C)c(C(=O)[C@H](C)OC(=O)C[C@@H](NC(N)=O)c2ccc(Cl)cc2)cc1C. The van der Waals surface area contributed by atoms with Crippen LogP contribution in [0, 0.1) is 20.8 Å². The quantitative estimate of drug-likeness (QED) is 0.522. The van der Waals surface area contributed by atoms with Gasteiger partial charge in [-0.15, -0.1) is 0 Å². The number of benzene rings is 2. The lowest BCUT2D eigenvalue weighted by atomic mass is 9.96. The Morgan fingerprint density at radius 2 is 1.62 bits per heavy atom. The number of ether oxygens (including phenoxy) is 1. The summed E-state index contributed by atoms with van der Waals surface area (Å²) in [6.45, 7) is 7.28. The van der Waals surface area contributed by atoms with Gasteiger partial charge in [0.05, 0.1) is 12.5 Å². The molecule has 2 aromatic carbocycles. The molecule has 0 aliphatic heterocycles. The molecule has 0 fully saturated rings. The van der Waals surface area contributed by atoms with E-state index >= 15 is 0 Å². The zero-order valence-corrected chi connectivity index (χ0v) is 17.7. The van der Waals surface area contributed by atoms with E-state index in [-0.39, 0.29) is 12.2 Å². The lowest BCUT2D eigenvalue weighted by Gasteiger charge is -2.19. The number of ketones is 1. The highest BCUT2D eigenvalue weighted by Crippen LogP contribution is 2.22. The van der Waals surface area contributed by atoms with E-state index in [1.807, 2.05) is 32.9 Å². The van der Waals surface area contributed by atoms with E-state index in [9.17, 15) is 14.4 Å². The van der Waals surface area contributed by atoms with Gasteiger partial charge in [0.2, 0.25) is 5.78 Å². The molecule has 0 saturated carbocycles. The number of carbonyl (C=O) groups is 3. The molecule has 0 aliphatic rings. The number of esters is 1. The molecule has 0 aliphatic carbocycles. The monoisotopic (exact) mass is 416 g/mol. The standard InChI is InChI=1S/C22H25ClN2O4/c1-12-9-14(3)18(10-13(12)2)21(27)15(4)29-20(26)11-19(25-22(24)28)16-5-7-17(23)8-6-16/h5-10,15,19H,11H2,1-4H3,(H3,24,25,28)/t15-,19+/m0/s1. The van der Waals surface area contributed by atoms with Crippen LogP contribution in [0.3, 0.4) is 0 Å². The first-order chi connectivity index (χ1) is 13.6. The van der Waals surface area contributed by atoms with Crippen LogP contribution in [0.5, 0.6) is 0 Å². The van der Waals surface area contributed by atoms with E-state index in [0.29, 0.717) is 16.1 Å². The van der Waals surface area contributed by atoms with Gasteiger partial charge in [0.1, 0.15) is 0 Å². The molecule has 0 radical (unpaired) electrons. The molecular formula is C22H25ClN2O4. The number of aryl methyl sites for hydroxylation is 3. The maximum Gasteiger partial charge on any atom is 0.312 e. The fourth-order valence-corrected chi connectivity index (χ4v) is 3.16. The van der Waals surface area contributed by atoms with Gasteiger partial charge in [-0.3, -0.25) is 9.59 Å². The highest BCUT2D eigenvalue weighted by atomic mass is 35.5. The zero-order chi connectivity index (χ0) is 21.7. The van der Waals surface area contributed by atoms with Crippen molar-refractivity contribution in [3.8, 4) is 0 Å². The van der Waals surface area contributed by atoms with Gasteiger partial charge in [-0.25, -0.2) is 4.79 Å². The maximum atomic E-state index is 12.8. The van der Waals surface area contributed by atoms with Gasteiger partial charge < -0.3 is 15.8 Å². The minimum atomic E-state index is -0.956. The topological polar surface area (TPSA) is 98.5 Å². The zero-order valence-electron chi connectivity index (χ0n) is 16.9. The Morgan fingerprint density at radius 3 is 2.21 bits per heavy atom. The first-order valence-electron chi connectivity index (χ1n) is 9.21. The van der Waals surface area contributed by atoms with Gasteiger partial charge in [-0.2, -0.15) is 0 Å². The Bertz CT molecular complexity index is 925. The molecule has 7 heteroatoms. The Kier molecular flexibility index (Phi) is 7.40. The molecule has 29 heavy (non-hydrogen) atoms. The molecule has 0 unspecified atom stereocenters. The largest absolute Gasteiger partial charge is 0.454 e. The second-order valence-corrected chi connectivity index (χ2v) is 7.50. The number of hydrogen-bond acceptors (Lipinski definition) is 4. The Morgan fingerprint density at radius 1 is 1.03 bits per heavy atom. The summed E-state index contributed by atoms with van der Waals surface area (Å²) in [5.41, 5.74) is 9.31. The number of Topliss-reactive ketones (excluding diaryl/α,β-unsaturated/α-hetero) is 1. The van der Waals surface area contributed by atoms with Crippen molar-refractivity contribution in [3.05, 3.63) is 69.2 Å². The number of nitrogens with two attached hydrogens (primary N) is 1. The molecule has 0 aromatic heterocycles. The molecule has 0 saturated heterocycles. The van der Waals surface area contributed by atoms with E-state index in [4.69, 9.17) is 22.1 Å². The number of halogens is 1. The van der Waals surface area contributed by atoms with E-state index < -0.39 is 24.1 Å². The summed E-state index contributed by atoms with van der Waals surface area (Å²) in [6, 6.07) is 8.94. The highest BCUT2D eigenvalue weighted by molar-refractivity contribution is 6.30. The number of nitrogens with one attached hydrogen (secondary N) is 1. The van der Waals surface area contributed by atoms with Crippen LogP contribution >= 0.6 is 11.6 Å². The first kappa shape index (κ1) is 22.4. The number of urea groups is 1. The van der Waals surface area contributed by atoms with Crippen molar-refractivity contribution >= 4 is 29.4 Å². The summed E-state index contributed by atoms with van der Waals surface area (Å²) >= 11 is 5.88. The second-order valence-electron chi connectivity index (χ2n) is 7.06. The molecule has 6 nitrogen and oxygen atoms in total. The van der Waals surface area contributed by atoms with Crippen LogP contribution in [0.4, 0.5) is 4.79 Å². The summed E-state index contributed by atoms with van der Waals surface area (Å²) in [5.74, 6) is -0.897. The van der Waals surface area contributed by atoms with Gasteiger partial charge in [0.15, 0.2) is 6.10 Å². The number of hydrogen-bond donors (Lipinski definition) is 2. The molecule has 154 valence electrons. The second kappa shape index (κ2) is 9.56. The van der Waals surface area contributed by atoms with Crippen LogP contribution in [-0.2, 0) is 9.53 Å². The van der Waals surface area contributed by atoms with E-state index in [2.05, 4.69) is 5.32 Å². The van der Waals surface area contributed by atoms with E-state index in [0.717, 1.165) is 16.7 Å². The Hall–Kier alpha value is -2.86. The predicted octanol–water partition coefficient (Wildman–Crippen LogP) is 4.18. The van der Waals surface area contributed by atoms with Crippen molar-refractivity contribution in [3.63, 3.8) is 0 Å². The normalized spacial score (nSPS) is 12.7. The van der Waals surface area contributed by atoms with Crippen molar-refractivity contribution in [2.75, 3.05) is 0 Å². The van der Waals surface area contributed by atoms with Crippen molar-refractivity contribution in [1.82, 2.24) is 5.32 Å². The van der Waals surface area contributed by atoms with Gasteiger partial charge in [0, 0.05) is 10.6 Å². The Labute approximate surface area is 175 Å². The first-order valence-corrected chi connectivity index (χ1v) is 9.59. The summed E-state index contributed by atoms with van der Waals surface area (Å²) in [6.07, 6.45) is -1.13. The molecule has 2 amide bonds. The molecular weight excluding hydrogens is 392 g/mol. The third-order valence-electron chi connectivity index (χ3n) is 4.74. The maximum absolute atomic E-state index is 12.8. The van der Waals surface area contributed by atoms with Crippen molar-refractivity contribution in [2.45, 2.75) is 46.3 Å². The smallest absolute Gasteiger partial charge is 0.312 e. The van der Waals surface area contributed by atoms with Crippen LogP contribution in [-0.4, -0.2) is 23.9 Å². The average Bonchev–Trinajstić information content (AvgIpc) is 2.63. The van der Waals surface area contributed by atoms with Crippen LogP contribution in [0.15, 0.2) is 36.4 Å². The van der Waals surface area contributed by atoms with Crippen LogP contribution in [0.2, 0.25) is 5.02 Å². The molecule has 0 bridgehead atoms. The average molecular weight is 417 g/mol. The number of carbonyl (C=O) groups excluding carboxylic acids is 3. The van der Waals surface area contributed by atoms with Crippen molar-refractivity contribution in [2.24, 2.45) is 5.73 Å². The van der Waals surface area contributed by atoms with Crippen LogP contribution in [0.25, 0.3) is 0 Å². The van der Waals surface area contributed by atoms with Gasteiger partial charge in [-0.1, -0.05) is 29.8 Å². The third-order valence-corrected chi connectivity index (χ3v) is 5.00. The minimum Gasteiger partial charge on any atom is -0.454 e. The summed E-state index contributed by atoms with van der Waals surface area (Å²) in [4.78, 5) is 36.5. The molecule has 0 spiro atoms. The third kappa shape index (κ3) is 6.06. The molecule has 2 atom stereocenters. The number of amides is 2. The Balaban J connectivity index is 2.10. The lowest BCUT2D eigenvalue weighted by molar-refractivity contribution is -0.146. The number of rotatable bonds is 7. The summed E-state index contributed by atoms with van der Waals surface area (Å²) in [5, 5.41) is 3.04. The molecule has 3 N–H and O–H groups in total. The van der Waals surface area contributed by atoms with Gasteiger partial charge >= 0.3 is 12.0 Å². The fraction of sp³-hybridized carbons (Fsp3) is 0.318. The van der Waals surface area contributed by atoms with E-state index in [1.54, 1.807) is 24.3 Å². The van der Waals surface area contributed by atoms with Gasteiger partial charge in [-0.05, 0) is 68.1 Å². The fourth-order valence-electron chi connectivity index (χ4n) is 3.03. The molecule has 0 heterocycles. The lowest BCUT2D eigenvalue weighted by Crippen LogP contribution is -2.35. The molecule has 2 rings (SSSR count). The van der Waals surface area contributed by atoms with Crippen molar-refractivity contribution < 1.29 is 19.1 Å². The summed E-state index contributed by atoms with van der Waals surface area (Å²) < 4.78 is 5.34. The van der Waals surface area contributed by atoms with Crippen LogP contribution in [0.1, 0.15) is 52.0 Å². The minimum absolute atomic E-state index is 0.173. The highest BCUT2D eigenvalue weighted by Gasteiger charge is 2.24. The summed E-state index contributed by atoms with van der Waals surface area (Å²) in [7, 11) is 0. The molecule has 2 aromatic rings. The van der Waals surface area contributed by atoms with Crippen LogP contribution < -0.4 is 11.1 Å². The van der Waals surface area contributed by atoms with E-state index in [1.165, 1.54) is 6.92 Å². The number of primary amides is 1.